The molecule has 2 rings (SSSR count). The number of hydrogen-bond donors (Lipinski definition) is 1. The molecule has 0 amide bonds. The van der Waals surface area contributed by atoms with E-state index in [1.807, 2.05) is 13.0 Å². The zero-order valence-electron chi connectivity index (χ0n) is 11.9. The molecule has 1 N–H and O–H groups in total. The summed E-state index contributed by atoms with van der Waals surface area (Å²) >= 11 is 0. The molecule has 0 spiro atoms. The minimum Gasteiger partial charge on any atom is -0.496 e. The van der Waals surface area contributed by atoms with Gasteiger partial charge in [0.1, 0.15) is 11.4 Å². The number of rotatable bonds is 5. The molecule has 0 radical (unpaired) electrons. The Labute approximate surface area is 122 Å². The number of halogens is 1. The highest BCUT2D eigenvalue weighted by atomic mass is 19.1. The molecule has 1 aromatic carbocycles. The van der Waals surface area contributed by atoms with Gasteiger partial charge in [-0.3, -0.25) is 0 Å². The van der Waals surface area contributed by atoms with Crippen LogP contribution in [0.15, 0.2) is 24.4 Å². The number of nitrogens with zero attached hydrogens (tertiary/aromatic N) is 3. The van der Waals surface area contributed by atoms with E-state index in [9.17, 15) is 4.39 Å². The van der Waals surface area contributed by atoms with E-state index in [1.165, 1.54) is 7.11 Å². The Morgan fingerprint density at radius 1 is 1.43 bits per heavy atom. The first-order chi connectivity index (χ1) is 10.2. The third-order valence-electron chi connectivity index (χ3n) is 2.86. The molecule has 0 saturated heterocycles. The fourth-order valence-corrected chi connectivity index (χ4v) is 1.84. The fourth-order valence-electron chi connectivity index (χ4n) is 1.84. The van der Waals surface area contributed by atoms with Gasteiger partial charge >= 0.3 is 0 Å². The van der Waals surface area contributed by atoms with E-state index in [0.717, 1.165) is 12.6 Å². The number of aromatic nitrogens is 2. The smallest absolute Gasteiger partial charge is 0.223 e. The van der Waals surface area contributed by atoms with Crippen molar-refractivity contribution in [3.05, 3.63) is 35.8 Å². The van der Waals surface area contributed by atoms with Crippen LogP contribution in [0.5, 0.6) is 5.75 Å². The van der Waals surface area contributed by atoms with Crippen molar-refractivity contribution >= 4 is 5.95 Å². The van der Waals surface area contributed by atoms with Gasteiger partial charge in [-0.1, -0.05) is 6.92 Å². The van der Waals surface area contributed by atoms with Gasteiger partial charge in [-0.05, 0) is 24.6 Å². The molecule has 21 heavy (non-hydrogen) atoms. The zero-order valence-corrected chi connectivity index (χ0v) is 11.9. The predicted octanol–water partition coefficient (Wildman–Crippen LogP) is 2.98. The highest BCUT2D eigenvalue weighted by Gasteiger charge is 2.15. The van der Waals surface area contributed by atoms with Crippen LogP contribution in [-0.2, 0) is 0 Å². The van der Waals surface area contributed by atoms with Gasteiger partial charge in [0.05, 0.1) is 24.9 Å². The maximum atomic E-state index is 14.0. The highest BCUT2D eigenvalue weighted by molar-refractivity contribution is 5.70. The van der Waals surface area contributed by atoms with E-state index in [2.05, 4.69) is 15.3 Å². The van der Waals surface area contributed by atoms with E-state index in [-0.39, 0.29) is 5.69 Å². The largest absolute Gasteiger partial charge is 0.496 e. The first-order valence-corrected chi connectivity index (χ1v) is 6.54. The first kappa shape index (κ1) is 14.7. The first-order valence-electron chi connectivity index (χ1n) is 6.54. The van der Waals surface area contributed by atoms with E-state index < -0.39 is 5.82 Å². The topological polar surface area (TPSA) is 70.8 Å². The van der Waals surface area contributed by atoms with Crippen molar-refractivity contribution in [3.63, 3.8) is 0 Å². The van der Waals surface area contributed by atoms with E-state index in [1.54, 1.807) is 18.2 Å². The van der Waals surface area contributed by atoms with E-state index in [4.69, 9.17) is 10.00 Å². The third-order valence-corrected chi connectivity index (χ3v) is 2.86. The number of anilines is 1. The van der Waals surface area contributed by atoms with Gasteiger partial charge < -0.3 is 10.1 Å². The van der Waals surface area contributed by atoms with Crippen LogP contribution in [0.1, 0.15) is 18.9 Å². The van der Waals surface area contributed by atoms with Crippen molar-refractivity contribution < 1.29 is 9.13 Å². The summed E-state index contributed by atoms with van der Waals surface area (Å²) in [6.07, 6.45) is 2.02. The van der Waals surface area contributed by atoms with Crippen LogP contribution in [0, 0.1) is 17.1 Å². The summed E-state index contributed by atoms with van der Waals surface area (Å²) in [6, 6.07) is 6.80. The van der Waals surface area contributed by atoms with E-state index >= 15 is 0 Å². The Morgan fingerprint density at radius 2 is 2.24 bits per heavy atom. The molecule has 0 aliphatic heterocycles. The monoisotopic (exact) mass is 286 g/mol. The quantitative estimate of drug-likeness (QED) is 0.915. The molecule has 2 aromatic rings. The number of ether oxygens (including phenoxy) is 1. The van der Waals surface area contributed by atoms with Crippen LogP contribution in [0.4, 0.5) is 10.3 Å². The number of nitriles is 1. The number of hydrogen-bond acceptors (Lipinski definition) is 5. The van der Waals surface area contributed by atoms with Crippen LogP contribution in [0.3, 0.4) is 0 Å². The van der Waals surface area contributed by atoms with Crippen molar-refractivity contribution in [2.75, 3.05) is 19.0 Å². The van der Waals surface area contributed by atoms with Crippen LogP contribution >= 0.6 is 0 Å². The lowest BCUT2D eigenvalue weighted by Gasteiger charge is -2.10. The van der Waals surface area contributed by atoms with Crippen molar-refractivity contribution in [1.82, 2.24) is 9.97 Å². The van der Waals surface area contributed by atoms with Gasteiger partial charge in [-0.15, -0.1) is 0 Å². The lowest BCUT2D eigenvalue weighted by molar-refractivity contribution is 0.416. The number of benzene rings is 1. The maximum absolute atomic E-state index is 14.0. The average molecular weight is 286 g/mol. The molecule has 0 bridgehead atoms. The molecular formula is C15H15FN4O. The molecule has 6 heteroatoms. The standard InChI is InChI=1S/C15H15FN4O/c1-3-6-18-15-19-9-12(16)14(20-15)11-7-10(8-17)4-5-13(11)21-2/h4-5,7,9H,3,6H2,1-2H3,(H,18,19,20). The van der Waals surface area contributed by atoms with Crippen molar-refractivity contribution in [2.45, 2.75) is 13.3 Å². The number of methoxy groups -OCH3 is 1. The SMILES string of the molecule is CCCNc1ncc(F)c(-c2cc(C#N)ccc2OC)n1. The Morgan fingerprint density at radius 3 is 2.90 bits per heavy atom. The summed E-state index contributed by atoms with van der Waals surface area (Å²) in [5.41, 5.74) is 0.945. The fraction of sp³-hybridized carbons (Fsp3) is 0.267. The van der Waals surface area contributed by atoms with Crippen LogP contribution in [0.25, 0.3) is 11.3 Å². The Kier molecular flexibility index (Phi) is 4.67. The Bertz CT molecular complexity index is 682. The molecule has 1 heterocycles. The lowest BCUT2D eigenvalue weighted by Crippen LogP contribution is -2.06. The van der Waals surface area contributed by atoms with Crippen LogP contribution < -0.4 is 10.1 Å². The molecule has 5 nitrogen and oxygen atoms in total. The maximum Gasteiger partial charge on any atom is 0.223 e. The summed E-state index contributed by atoms with van der Waals surface area (Å²) < 4.78 is 19.3. The van der Waals surface area contributed by atoms with Crippen molar-refractivity contribution in [1.29, 1.82) is 5.26 Å². The summed E-state index contributed by atoms with van der Waals surface area (Å²) in [5, 5.41) is 12.0. The predicted molar refractivity (Wildman–Crippen MR) is 77.5 cm³/mol. The molecule has 0 unspecified atom stereocenters. The summed E-state index contributed by atoms with van der Waals surface area (Å²) in [4.78, 5) is 8.07. The molecule has 0 aliphatic carbocycles. The molecular weight excluding hydrogens is 271 g/mol. The molecule has 1 aromatic heterocycles. The van der Waals surface area contributed by atoms with E-state index in [0.29, 0.717) is 29.4 Å². The number of nitrogens with one attached hydrogen (secondary N) is 1. The molecule has 108 valence electrons. The zero-order chi connectivity index (χ0) is 15.2. The second-order valence-electron chi connectivity index (χ2n) is 4.34. The third kappa shape index (κ3) is 3.26. The normalized spacial score (nSPS) is 10.0. The second kappa shape index (κ2) is 6.66. The van der Waals surface area contributed by atoms with Crippen molar-refractivity contribution in [2.24, 2.45) is 0 Å². The minimum atomic E-state index is -0.564. The van der Waals surface area contributed by atoms with Gasteiger partial charge in [-0.25, -0.2) is 14.4 Å². The molecule has 0 atom stereocenters. The second-order valence-corrected chi connectivity index (χ2v) is 4.34. The highest BCUT2D eigenvalue weighted by Crippen LogP contribution is 2.31. The summed E-state index contributed by atoms with van der Waals surface area (Å²) in [6.45, 7) is 2.71. The lowest BCUT2D eigenvalue weighted by atomic mass is 10.1. The minimum absolute atomic E-state index is 0.109. The molecule has 0 saturated carbocycles. The molecule has 0 aliphatic rings. The van der Waals surface area contributed by atoms with Crippen LogP contribution in [-0.4, -0.2) is 23.6 Å². The van der Waals surface area contributed by atoms with Crippen molar-refractivity contribution in [3.8, 4) is 23.1 Å². The van der Waals surface area contributed by atoms with Crippen LogP contribution in [0.2, 0.25) is 0 Å². The Balaban J connectivity index is 2.52. The molecule has 0 fully saturated rings. The summed E-state index contributed by atoms with van der Waals surface area (Å²) in [5.74, 6) is 0.233. The van der Waals surface area contributed by atoms with Gasteiger partial charge in [0.2, 0.25) is 5.95 Å². The Hall–Kier alpha value is -2.68. The van der Waals surface area contributed by atoms with Gasteiger partial charge in [0.25, 0.3) is 0 Å². The van der Waals surface area contributed by atoms with Gasteiger partial charge in [0, 0.05) is 12.1 Å². The van der Waals surface area contributed by atoms with Gasteiger partial charge in [0.15, 0.2) is 5.82 Å². The average Bonchev–Trinajstić information content (AvgIpc) is 2.53. The van der Waals surface area contributed by atoms with Gasteiger partial charge in [-0.2, -0.15) is 5.26 Å². The summed E-state index contributed by atoms with van der Waals surface area (Å²) in [7, 11) is 1.49.